The zero-order chi connectivity index (χ0) is 36.2. The van der Waals surface area contributed by atoms with Gasteiger partial charge >= 0.3 is 0 Å². The Balaban J connectivity index is 1.10. The average Bonchev–Trinajstić information content (AvgIpc) is 3.72. The van der Waals surface area contributed by atoms with Crippen molar-refractivity contribution < 1.29 is 19.1 Å². The van der Waals surface area contributed by atoms with Crippen LogP contribution in [0.3, 0.4) is 0 Å². The Labute approximate surface area is 314 Å². The number of aryl methyl sites for hydroxylation is 1. The highest BCUT2D eigenvalue weighted by atomic mass is 35.5. The van der Waals surface area contributed by atoms with Crippen LogP contribution in [0.1, 0.15) is 69.2 Å². The summed E-state index contributed by atoms with van der Waals surface area (Å²) in [6.07, 6.45) is 12.2. The van der Waals surface area contributed by atoms with Gasteiger partial charge in [0.15, 0.2) is 0 Å². The van der Waals surface area contributed by atoms with Gasteiger partial charge in [-0.3, -0.25) is 24.5 Å². The first kappa shape index (κ1) is 36.2. The highest BCUT2D eigenvalue weighted by molar-refractivity contribution is 6.39. The van der Waals surface area contributed by atoms with Crippen LogP contribution in [0.25, 0.3) is 33.6 Å². The second kappa shape index (κ2) is 16.3. The van der Waals surface area contributed by atoms with Gasteiger partial charge in [0, 0.05) is 67.2 Å². The van der Waals surface area contributed by atoms with Gasteiger partial charge < -0.3 is 14.8 Å². The fourth-order valence-corrected chi connectivity index (χ4v) is 8.09. The van der Waals surface area contributed by atoms with Crippen LogP contribution < -0.4 is 14.8 Å². The van der Waals surface area contributed by atoms with Gasteiger partial charge in [0.25, 0.3) is 0 Å². The first-order valence-corrected chi connectivity index (χ1v) is 19.0. The van der Waals surface area contributed by atoms with Gasteiger partial charge in [0.1, 0.15) is 17.2 Å². The van der Waals surface area contributed by atoms with Crippen molar-refractivity contribution in [3.8, 4) is 45.4 Å². The second-order valence-corrected chi connectivity index (χ2v) is 15.0. The summed E-state index contributed by atoms with van der Waals surface area (Å²) in [6.45, 7) is 2.49. The number of nitrogens with one attached hydrogen (secondary N) is 1. The molecule has 2 saturated carbocycles. The lowest BCUT2D eigenvalue weighted by Gasteiger charge is -2.25. The molecule has 1 saturated heterocycles. The van der Waals surface area contributed by atoms with E-state index in [4.69, 9.17) is 52.6 Å². The highest BCUT2D eigenvalue weighted by Crippen LogP contribution is 2.42. The topological polar surface area (TPSA) is 119 Å². The third-order valence-electron chi connectivity index (χ3n) is 10.4. The van der Waals surface area contributed by atoms with Crippen LogP contribution in [-0.2, 0) is 22.6 Å². The lowest BCUT2D eigenvalue weighted by molar-refractivity contribution is -0.119. The molecule has 0 unspecified atom stereocenters. The Kier molecular flexibility index (Phi) is 11.3. The smallest absolute Gasteiger partial charge is 0.237 e. The summed E-state index contributed by atoms with van der Waals surface area (Å²) in [5.74, 6) is 2.51. The molecule has 10 nitrogen and oxygen atoms in total. The van der Waals surface area contributed by atoms with Gasteiger partial charge in [-0.2, -0.15) is 0 Å². The van der Waals surface area contributed by atoms with Gasteiger partial charge in [0.05, 0.1) is 48.0 Å². The predicted octanol–water partition coefficient (Wildman–Crippen LogP) is 7.77. The quantitative estimate of drug-likeness (QED) is 0.130. The Morgan fingerprint density at radius 3 is 1.92 bits per heavy atom. The number of carbonyl (C=O) groups is 2. The summed E-state index contributed by atoms with van der Waals surface area (Å²) < 4.78 is 11.4. The highest BCUT2D eigenvalue weighted by Gasteiger charge is 2.30. The molecule has 272 valence electrons. The monoisotopic (exact) mass is 742 g/mol. The molecule has 1 N–H and O–H groups in total. The van der Waals surface area contributed by atoms with Crippen LogP contribution >= 0.6 is 23.2 Å². The fourth-order valence-electron chi connectivity index (χ4n) is 7.44. The first-order valence-electron chi connectivity index (χ1n) is 18.2. The van der Waals surface area contributed by atoms with Crippen molar-refractivity contribution in [2.75, 3.05) is 27.3 Å². The number of ketones is 1. The fraction of sp³-hybridized carbons (Fsp3) is 0.450. The molecule has 3 heterocycles. The second-order valence-electron chi connectivity index (χ2n) is 14.2. The maximum atomic E-state index is 11.9. The maximum Gasteiger partial charge on any atom is 0.237 e. The number of carbonyl (C=O) groups excluding carboxylic acids is 2. The molecule has 1 aliphatic heterocycles. The summed E-state index contributed by atoms with van der Waals surface area (Å²) in [5.41, 5.74) is 5.61. The number of amides is 1. The van der Waals surface area contributed by atoms with Gasteiger partial charge in [-0.15, -0.1) is 0 Å². The molecule has 1 amide bonds. The van der Waals surface area contributed by atoms with Crippen molar-refractivity contribution in [1.29, 1.82) is 0 Å². The van der Waals surface area contributed by atoms with Crippen molar-refractivity contribution in [2.24, 2.45) is 11.8 Å². The van der Waals surface area contributed by atoms with E-state index >= 15 is 0 Å². The van der Waals surface area contributed by atoms with Crippen molar-refractivity contribution in [1.82, 2.24) is 30.2 Å². The number of aromatic nitrogens is 4. The third kappa shape index (κ3) is 8.40. The molecule has 7 rings (SSSR count). The van der Waals surface area contributed by atoms with Crippen LogP contribution in [0, 0.1) is 11.8 Å². The van der Waals surface area contributed by atoms with Crippen LogP contribution in [-0.4, -0.2) is 69.9 Å². The summed E-state index contributed by atoms with van der Waals surface area (Å²) in [4.78, 5) is 45.1. The Morgan fingerprint density at radius 2 is 1.37 bits per heavy atom. The number of Topliss-reactive ketones (excluding diaryl/α,β-unsaturated/α-hetero) is 1. The van der Waals surface area contributed by atoms with Crippen LogP contribution in [0.15, 0.2) is 48.8 Å². The third-order valence-corrected chi connectivity index (χ3v) is 11.2. The van der Waals surface area contributed by atoms with E-state index in [1.54, 1.807) is 26.6 Å². The van der Waals surface area contributed by atoms with E-state index in [1.165, 1.54) is 12.8 Å². The van der Waals surface area contributed by atoms with Crippen molar-refractivity contribution >= 4 is 34.9 Å². The molecule has 3 aliphatic rings. The zero-order valence-corrected chi connectivity index (χ0v) is 31.2. The SMILES string of the molecule is COc1nc(-c2cccc(-c3cccc(-c4cnc(CN(CC5CC5)C[C@@H]5CCC(=O)C5)c(OC)n4)c3Cl)c2Cl)cnc1CCC[C@@H]1CCC(=O)N1. The maximum absolute atomic E-state index is 11.9. The lowest BCUT2D eigenvalue weighted by atomic mass is 9.98. The molecule has 0 radical (unpaired) electrons. The van der Waals surface area contributed by atoms with E-state index in [-0.39, 0.29) is 11.9 Å². The molecule has 3 fully saturated rings. The van der Waals surface area contributed by atoms with Crippen molar-refractivity contribution in [2.45, 2.75) is 76.8 Å². The normalized spacial score (nSPS) is 18.6. The minimum Gasteiger partial charge on any atom is -0.480 e. The molecule has 2 aromatic heterocycles. The Morgan fingerprint density at radius 1 is 0.769 bits per heavy atom. The lowest BCUT2D eigenvalue weighted by Crippen LogP contribution is -2.31. The molecule has 4 aromatic rings. The van der Waals surface area contributed by atoms with E-state index in [0.29, 0.717) is 94.2 Å². The van der Waals surface area contributed by atoms with Crippen molar-refractivity contribution in [3.05, 3.63) is 70.2 Å². The minimum absolute atomic E-state index is 0.124. The first-order chi connectivity index (χ1) is 25.3. The molecule has 2 atom stereocenters. The number of hydrogen-bond acceptors (Lipinski definition) is 9. The minimum atomic E-state index is 0.124. The van der Waals surface area contributed by atoms with Crippen LogP contribution in [0.4, 0.5) is 0 Å². The van der Waals surface area contributed by atoms with E-state index in [9.17, 15) is 9.59 Å². The number of hydrogen-bond donors (Lipinski definition) is 1. The molecule has 2 aliphatic carbocycles. The Hall–Kier alpha value is -4.12. The predicted molar refractivity (Wildman–Crippen MR) is 202 cm³/mol. The number of ether oxygens (including phenoxy) is 2. The summed E-state index contributed by atoms with van der Waals surface area (Å²) >= 11 is 14.2. The number of benzene rings is 2. The molecular weight excluding hydrogens is 699 g/mol. The summed E-state index contributed by atoms with van der Waals surface area (Å²) in [6, 6.07) is 11.8. The number of halogens is 2. The van der Waals surface area contributed by atoms with Gasteiger partial charge in [0.2, 0.25) is 17.7 Å². The standard InChI is InChI=1S/C40H44Cl2N6O4/c1-51-39-32(11-3-6-26-15-17-36(50)45-26)43-19-33(46-39)30-9-4-7-28(37(30)41)29-8-5-10-31(38(29)42)34-20-44-35(40(47-34)52-2)23-48(21-24-12-13-24)22-25-14-16-27(49)18-25/h4-5,7-10,19-20,24-26H,3,6,11-18,21-23H2,1-2H3,(H,45,50)/t25-,26-/m1/s1. The molecule has 12 heteroatoms. The Bertz CT molecular complexity index is 1950. The molecule has 2 aromatic carbocycles. The molecule has 0 spiro atoms. The van der Waals surface area contributed by atoms with Gasteiger partial charge in [-0.1, -0.05) is 59.6 Å². The van der Waals surface area contributed by atoms with Gasteiger partial charge in [-0.05, 0) is 56.8 Å². The number of methoxy groups -OCH3 is 2. The van der Waals surface area contributed by atoms with E-state index in [0.717, 1.165) is 61.3 Å². The molecule has 52 heavy (non-hydrogen) atoms. The van der Waals surface area contributed by atoms with Crippen LogP contribution in [0.2, 0.25) is 10.0 Å². The largest absolute Gasteiger partial charge is 0.480 e. The number of rotatable bonds is 15. The summed E-state index contributed by atoms with van der Waals surface area (Å²) in [7, 11) is 3.20. The zero-order valence-electron chi connectivity index (χ0n) is 29.7. The van der Waals surface area contributed by atoms with Crippen LogP contribution in [0.5, 0.6) is 11.8 Å². The van der Waals surface area contributed by atoms with Gasteiger partial charge in [-0.25, -0.2) is 9.97 Å². The molecular formula is C40H44Cl2N6O4. The van der Waals surface area contributed by atoms with E-state index < -0.39 is 0 Å². The summed E-state index contributed by atoms with van der Waals surface area (Å²) in [5, 5.41) is 4.00. The number of nitrogens with zero attached hydrogens (tertiary/aromatic N) is 5. The van der Waals surface area contributed by atoms with E-state index in [2.05, 4.69) is 10.2 Å². The average molecular weight is 744 g/mol. The molecule has 0 bridgehead atoms. The van der Waals surface area contributed by atoms with Crippen molar-refractivity contribution in [3.63, 3.8) is 0 Å². The van der Waals surface area contributed by atoms with E-state index in [1.807, 2.05) is 36.4 Å².